The number of rotatable bonds is 9. The predicted molar refractivity (Wildman–Crippen MR) is 92.0 cm³/mol. The molecule has 0 spiro atoms. The molecule has 0 aliphatic rings. The average molecular weight is 358 g/mol. The third-order valence-corrected chi connectivity index (χ3v) is 3.72. The second-order valence-corrected chi connectivity index (χ2v) is 5.49. The first-order chi connectivity index (χ1) is 11.5. The van der Waals surface area contributed by atoms with Gasteiger partial charge in [-0.05, 0) is 31.9 Å². The van der Waals surface area contributed by atoms with Gasteiger partial charge in [0.15, 0.2) is 18.1 Å². The maximum atomic E-state index is 12.1. The summed E-state index contributed by atoms with van der Waals surface area (Å²) in [4.78, 5) is 23.9. The van der Waals surface area contributed by atoms with Gasteiger partial charge in [-0.3, -0.25) is 4.79 Å². The molecule has 0 atom stereocenters. The zero-order valence-electron chi connectivity index (χ0n) is 14.5. The van der Waals surface area contributed by atoms with Gasteiger partial charge in [-0.15, -0.1) is 0 Å². The van der Waals surface area contributed by atoms with E-state index in [1.165, 1.54) is 19.2 Å². The highest BCUT2D eigenvalue weighted by Gasteiger charge is 2.18. The van der Waals surface area contributed by atoms with E-state index < -0.39 is 5.97 Å². The van der Waals surface area contributed by atoms with Crippen molar-refractivity contribution in [3.63, 3.8) is 0 Å². The molecular formula is C17H24ClNO5. The fourth-order valence-electron chi connectivity index (χ4n) is 2.10. The quantitative estimate of drug-likeness (QED) is 0.687. The van der Waals surface area contributed by atoms with Crippen LogP contribution in [0, 0.1) is 0 Å². The van der Waals surface area contributed by atoms with E-state index in [0.29, 0.717) is 18.1 Å². The van der Waals surface area contributed by atoms with Crippen molar-refractivity contribution in [2.75, 3.05) is 20.3 Å². The molecule has 0 heterocycles. The Morgan fingerprint density at radius 3 is 2.42 bits per heavy atom. The van der Waals surface area contributed by atoms with Crippen LogP contribution in [0.15, 0.2) is 12.1 Å². The number of halogens is 1. The van der Waals surface area contributed by atoms with Crippen LogP contribution in [0.25, 0.3) is 0 Å². The first kappa shape index (κ1) is 20.1. The molecule has 1 aromatic rings. The number of benzene rings is 1. The van der Waals surface area contributed by atoms with Crippen molar-refractivity contribution >= 4 is 23.5 Å². The van der Waals surface area contributed by atoms with Crippen molar-refractivity contribution in [3.05, 3.63) is 22.7 Å². The normalized spacial score (nSPS) is 10.4. The lowest BCUT2D eigenvalue weighted by Gasteiger charge is -2.15. The number of amides is 1. The number of carbonyl (C=O) groups is 2. The van der Waals surface area contributed by atoms with E-state index in [9.17, 15) is 9.59 Å². The maximum absolute atomic E-state index is 12.1. The monoisotopic (exact) mass is 357 g/mol. The second kappa shape index (κ2) is 10.0. The summed E-state index contributed by atoms with van der Waals surface area (Å²) in [7, 11) is 1.45. The molecule has 0 unspecified atom stereocenters. The summed E-state index contributed by atoms with van der Waals surface area (Å²) < 4.78 is 15.6. The van der Waals surface area contributed by atoms with Crippen molar-refractivity contribution < 1.29 is 23.8 Å². The maximum Gasteiger partial charge on any atom is 0.338 e. The molecule has 24 heavy (non-hydrogen) atoms. The summed E-state index contributed by atoms with van der Waals surface area (Å²) >= 11 is 6.11. The van der Waals surface area contributed by atoms with Gasteiger partial charge in [0.25, 0.3) is 5.91 Å². The van der Waals surface area contributed by atoms with Gasteiger partial charge >= 0.3 is 5.97 Å². The van der Waals surface area contributed by atoms with E-state index in [0.717, 1.165) is 12.8 Å². The highest BCUT2D eigenvalue weighted by atomic mass is 35.5. The highest BCUT2D eigenvalue weighted by molar-refractivity contribution is 6.32. The van der Waals surface area contributed by atoms with Crippen molar-refractivity contribution in [1.82, 2.24) is 5.32 Å². The second-order valence-electron chi connectivity index (χ2n) is 5.08. The molecule has 0 saturated heterocycles. The van der Waals surface area contributed by atoms with E-state index >= 15 is 0 Å². The van der Waals surface area contributed by atoms with Crippen LogP contribution in [0.5, 0.6) is 11.5 Å². The van der Waals surface area contributed by atoms with Crippen molar-refractivity contribution in [1.29, 1.82) is 0 Å². The van der Waals surface area contributed by atoms with Crippen LogP contribution in [-0.4, -0.2) is 38.2 Å². The summed E-state index contributed by atoms with van der Waals surface area (Å²) in [5.74, 6) is -0.290. The molecule has 1 N–H and O–H groups in total. The largest absolute Gasteiger partial charge is 0.493 e. The number of esters is 1. The van der Waals surface area contributed by atoms with Crippen LogP contribution in [0.4, 0.5) is 0 Å². The number of carbonyl (C=O) groups excluding carboxylic acids is 2. The van der Waals surface area contributed by atoms with E-state index in [1.807, 2.05) is 20.8 Å². The van der Waals surface area contributed by atoms with E-state index in [4.69, 9.17) is 25.8 Å². The fraction of sp³-hybridized carbons (Fsp3) is 0.529. The summed E-state index contributed by atoms with van der Waals surface area (Å²) in [5.41, 5.74) is 0.190. The summed E-state index contributed by atoms with van der Waals surface area (Å²) in [6, 6.07) is 2.98. The summed E-state index contributed by atoms with van der Waals surface area (Å²) in [5, 5.41) is 3.04. The Labute approximate surface area is 147 Å². The standard InChI is InChI=1S/C17H24ClNO5/c1-5-12(6-2)19-15(20)10-24-17(21)11-8-13(18)16(23-7-3)14(9-11)22-4/h8-9,12H,5-7,10H2,1-4H3,(H,19,20). The van der Waals surface area contributed by atoms with Gasteiger partial charge in [0, 0.05) is 6.04 Å². The molecule has 0 fully saturated rings. The van der Waals surface area contributed by atoms with E-state index in [2.05, 4.69) is 5.32 Å². The number of hydrogen-bond acceptors (Lipinski definition) is 5. The SMILES string of the molecule is CCOc1c(Cl)cc(C(=O)OCC(=O)NC(CC)CC)cc1OC. The third kappa shape index (κ3) is 5.60. The molecule has 134 valence electrons. The summed E-state index contributed by atoms with van der Waals surface area (Å²) in [6.07, 6.45) is 1.64. The minimum atomic E-state index is -0.655. The van der Waals surface area contributed by atoms with Gasteiger partial charge in [0.2, 0.25) is 0 Å². The van der Waals surface area contributed by atoms with Gasteiger partial charge < -0.3 is 19.5 Å². The zero-order valence-corrected chi connectivity index (χ0v) is 15.2. The van der Waals surface area contributed by atoms with Crippen molar-refractivity contribution in [2.45, 2.75) is 39.7 Å². The minimum absolute atomic E-state index is 0.0798. The number of ether oxygens (including phenoxy) is 3. The lowest BCUT2D eigenvalue weighted by molar-refractivity contribution is -0.125. The van der Waals surface area contributed by atoms with Gasteiger partial charge in [0.1, 0.15) is 0 Å². The van der Waals surface area contributed by atoms with E-state index in [1.54, 1.807) is 0 Å². The van der Waals surface area contributed by atoms with Crippen LogP contribution in [-0.2, 0) is 9.53 Å². The molecule has 0 bridgehead atoms. The van der Waals surface area contributed by atoms with Gasteiger partial charge in [-0.25, -0.2) is 4.79 Å². The zero-order chi connectivity index (χ0) is 18.1. The van der Waals surface area contributed by atoms with Crippen molar-refractivity contribution in [3.8, 4) is 11.5 Å². The molecule has 0 aliphatic carbocycles. The van der Waals surface area contributed by atoms with Crippen LogP contribution in [0.3, 0.4) is 0 Å². The van der Waals surface area contributed by atoms with Crippen LogP contribution in [0.1, 0.15) is 44.0 Å². The van der Waals surface area contributed by atoms with E-state index in [-0.39, 0.29) is 29.1 Å². The third-order valence-electron chi connectivity index (χ3n) is 3.44. The molecule has 7 heteroatoms. The smallest absolute Gasteiger partial charge is 0.338 e. The Balaban J connectivity index is 2.74. The predicted octanol–water partition coefficient (Wildman–Crippen LogP) is 3.21. The first-order valence-corrected chi connectivity index (χ1v) is 8.31. The molecule has 0 saturated carbocycles. The Morgan fingerprint density at radius 2 is 1.88 bits per heavy atom. The number of nitrogens with one attached hydrogen (secondary N) is 1. The first-order valence-electron chi connectivity index (χ1n) is 7.93. The molecule has 0 radical (unpaired) electrons. The Morgan fingerprint density at radius 1 is 1.21 bits per heavy atom. The Hall–Kier alpha value is -1.95. The lowest BCUT2D eigenvalue weighted by atomic mass is 10.2. The molecule has 0 aliphatic heterocycles. The fourth-order valence-corrected chi connectivity index (χ4v) is 2.36. The number of hydrogen-bond donors (Lipinski definition) is 1. The van der Waals surface area contributed by atoms with Gasteiger partial charge in [-0.2, -0.15) is 0 Å². The highest BCUT2D eigenvalue weighted by Crippen LogP contribution is 2.36. The van der Waals surface area contributed by atoms with Crippen molar-refractivity contribution in [2.24, 2.45) is 0 Å². The van der Waals surface area contributed by atoms with Gasteiger partial charge in [0.05, 0.1) is 24.3 Å². The summed E-state index contributed by atoms with van der Waals surface area (Å²) in [6.45, 7) is 5.85. The molecule has 1 rings (SSSR count). The Kier molecular flexibility index (Phi) is 8.40. The lowest BCUT2D eigenvalue weighted by Crippen LogP contribution is -2.36. The molecule has 1 aromatic carbocycles. The van der Waals surface area contributed by atoms with Crippen LogP contribution < -0.4 is 14.8 Å². The molecular weight excluding hydrogens is 334 g/mol. The van der Waals surface area contributed by atoms with Crippen LogP contribution in [0.2, 0.25) is 5.02 Å². The Bertz CT molecular complexity index is 572. The van der Waals surface area contributed by atoms with Gasteiger partial charge in [-0.1, -0.05) is 25.4 Å². The molecule has 0 aromatic heterocycles. The minimum Gasteiger partial charge on any atom is -0.493 e. The van der Waals surface area contributed by atoms with Crippen LogP contribution >= 0.6 is 11.6 Å². The number of methoxy groups -OCH3 is 1. The molecule has 1 amide bonds. The average Bonchev–Trinajstić information content (AvgIpc) is 2.58. The topological polar surface area (TPSA) is 73.9 Å². The molecule has 6 nitrogen and oxygen atoms in total.